The number of ketones is 1. The number of ether oxygens (including phenoxy) is 2. The summed E-state index contributed by atoms with van der Waals surface area (Å²) in [6.45, 7) is 0.238. The van der Waals surface area contributed by atoms with Gasteiger partial charge in [0.1, 0.15) is 12.4 Å². The largest absolute Gasteiger partial charge is 0.491 e. The third-order valence-electron chi connectivity index (χ3n) is 5.31. The van der Waals surface area contributed by atoms with E-state index in [1.165, 1.54) is 7.11 Å². The fraction of sp³-hybridized carbons (Fsp3) is 0.192. The van der Waals surface area contributed by atoms with Gasteiger partial charge in [0.2, 0.25) is 0 Å². The monoisotopic (exact) mass is 429 g/mol. The van der Waals surface area contributed by atoms with Gasteiger partial charge in [-0.05, 0) is 59.2 Å². The number of methoxy groups -OCH3 is 1. The molecule has 0 saturated heterocycles. The predicted octanol–water partition coefficient (Wildman–Crippen LogP) is 3.95. The number of aliphatic imine (C=N–C) groups is 1. The molecule has 0 aliphatic carbocycles. The summed E-state index contributed by atoms with van der Waals surface area (Å²) in [5.74, 6) is 0.293. The number of esters is 1. The van der Waals surface area contributed by atoms with Gasteiger partial charge in [-0.3, -0.25) is 9.79 Å². The van der Waals surface area contributed by atoms with Gasteiger partial charge in [0, 0.05) is 18.4 Å². The molecule has 4 rings (SSSR count). The number of aliphatic hydroxyl groups is 1. The van der Waals surface area contributed by atoms with E-state index < -0.39 is 5.97 Å². The van der Waals surface area contributed by atoms with Crippen LogP contribution in [0.3, 0.4) is 0 Å². The second-order valence-corrected chi connectivity index (χ2v) is 7.46. The van der Waals surface area contributed by atoms with Gasteiger partial charge in [0.25, 0.3) is 0 Å². The molecule has 1 aliphatic rings. The summed E-state index contributed by atoms with van der Waals surface area (Å²) >= 11 is 0. The van der Waals surface area contributed by atoms with Gasteiger partial charge in [-0.15, -0.1) is 0 Å². The lowest BCUT2D eigenvalue weighted by Crippen LogP contribution is -2.05. The van der Waals surface area contributed by atoms with Gasteiger partial charge in [-0.25, -0.2) is 4.79 Å². The maximum Gasteiger partial charge on any atom is 0.337 e. The molecule has 1 aliphatic heterocycles. The molecule has 0 fully saturated rings. The normalized spacial score (nSPS) is 12.1. The van der Waals surface area contributed by atoms with Crippen LogP contribution in [0.15, 0.2) is 71.7 Å². The number of carbonyl (C=O) groups is 2. The molecule has 0 atom stereocenters. The number of hydrogen-bond acceptors (Lipinski definition) is 6. The number of benzene rings is 3. The Kier molecular flexibility index (Phi) is 6.42. The first-order chi connectivity index (χ1) is 15.6. The SMILES string of the molecule is COC(=O)c1ccc(CC(=O)c2ccc3c(c2)N=C(c2ccc(OCCO)cc2)C3)cc1. The van der Waals surface area contributed by atoms with Gasteiger partial charge >= 0.3 is 5.97 Å². The fourth-order valence-electron chi connectivity index (χ4n) is 3.59. The van der Waals surface area contributed by atoms with Crippen molar-refractivity contribution >= 4 is 23.2 Å². The Morgan fingerprint density at radius 3 is 2.38 bits per heavy atom. The fourth-order valence-corrected chi connectivity index (χ4v) is 3.59. The lowest BCUT2D eigenvalue weighted by atomic mass is 9.99. The lowest BCUT2D eigenvalue weighted by Gasteiger charge is -2.05. The topological polar surface area (TPSA) is 85.2 Å². The van der Waals surface area contributed by atoms with Gasteiger partial charge < -0.3 is 14.6 Å². The molecule has 0 spiro atoms. The van der Waals surface area contributed by atoms with Crippen molar-refractivity contribution in [1.29, 1.82) is 0 Å². The first-order valence-corrected chi connectivity index (χ1v) is 10.3. The zero-order valence-electron chi connectivity index (χ0n) is 17.7. The number of nitrogens with zero attached hydrogens (tertiary/aromatic N) is 1. The Balaban J connectivity index is 1.46. The van der Waals surface area contributed by atoms with E-state index in [1.807, 2.05) is 42.5 Å². The van der Waals surface area contributed by atoms with E-state index in [-0.39, 0.29) is 25.4 Å². The van der Waals surface area contributed by atoms with Gasteiger partial charge in [0.05, 0.1) is 30.7 Å². The number of Topliss-reactive ketones (excluding diaryl/α,β-unsaturated/α-hetero) is 1. The third-order valence-corrected chi connectivity index (χ3v) is 5.31. The molecule has 32 heavy (non-hydrogen) atoms. The molecule has 0 saturated carbocycles. The molecule has 0 bridgehead atoms. The highest BCUT2D eigenvalue weighted by molar-refractivity contribution is 6.07. The molecule has 162 valence electrons. The zero-order valence-corrected chi connectivity index (χ0v) is 17.7. The van der Waals surface area contributed by atoms with E-state index in [9.17, 15) is 9.59 Å². The Morgan fingerprint density at radius 1 is 0.969 bits per heavy atom. The summed E-state index contributed by atoms with van der Waals surface area (Å²) < 4.78 is 10.1. The Labute approximate surface area is 186 Å². The zero-order chi connectivity index (χ0) is 22.5. The van der Waals surface area contributed by atoms with E-state index in [0.717, 1.165) is 28.1 Å². The van der Waals surface area contributed by atoms with Gasteiger partial charge in [-0.2, -0.15) is 0 Å². The Bertz CT molecular complexity index is 1160. The lowest BCUT2D eigenvalue weighted by molar-refractivity contribution is 0.0600. The summed E-state index contributed by atoms with van der Waals surface area (Å²) in [5, 5.41) is 8.85. The minimum Gasteiger partial charge on any atom is -0.491 e. The smallest absolute Gasteiger partial charge is 0.337 e. The predicted molar refractivity (Wildman–Crippen MR) is 121 cm³/mol. The molecule has 1 N–H and O–H groups in total. The first-order valence-electron chi connectivity index (χ1n) is 10.3. The van der Waals surface area contributed by atoms with E-state index >= 15 is 0 Å². The Morgan fingerprint density at radius 2 is 1.69 bits per heavy atom. The van der Waals surface area contributed by atoms with Crippen LogP contribution in [-0.4, -0.2) is 42.9 Å². The average Bonchev–Trinajstić information content (AvgIpc) is 3.26. The second-order valence-electron chi connectivity index (χ2n) is 7.46. The van der Waals surface area contributed by atoms with Crippen LogP contribution in [0, 0.1) is 0 Å². The number of fused-ring (bicyclic) bond motifs is 1. The standard InChI is InChI=1S/C26H23NO5/c1-31-26(30)19-4-2-17(3-5-19)14-25(29)21-7-6-20-15-23(27-24(20)16-21)18-8-10-22(11-9-18)32-13-12-28/h2-11,16,28H,12-15H2,1H3. The summed E-state index contributed by atoms with van der Waals surface area (Å²) in [6.07, 6.45) is 0.946. The van der Waals surface area contributed by atoms with Gasteiger partial charge in [0.15, 0.2) is 5.78 Å². The molecule has 0 amide bonds. The molecular formula is C26H23NO5. The average molecular weight is 429 g/mol. The molecule has 0 unspecified atom stereocenters. The van der Waals surface area contributed by atoms with Crippen molar-refractivity contribution in [3.63, 3.8) is 0 Å². The molecule has 6 nitrogen and oxygen atoms in total. The molecule has 3 aromatic rings. The molecule has 1 heterocycles. The highest BCUT2D eigenvalue weighted by atomic mass is 16.5. The number of aliphatic hydroxyl groups excluding tert-OH is 1. The van der Waals surface area contributed by atoms with Crippen molar-refractivity contribution in [1.82, 2.24) is 0 Å². The van der Waals surface area contributed by atoms with E-state index in [4.69, 9.17) is 19.6 Å². The molecule has 6 heteroatoms. The van der Waals surface area contributed by atoms with E-state index in [0.29, 0.717) is 23.3 Å². The van der Waals surface area contributed by atoms with Crippen LogP contribution in [0.25, 0.3) is 0 Å². The van der Waals surface area contributed by atoms with Crippen LogP contribution >= 0.6 is 0 Å². The summed E-state index contributed by atoms with van der Waals surface area (Å²) in [7, 11) is 1.34. The van der Waals surface area contributed by atoms with Gasteiger partial charge in [-0.1, -0.05) is 24.3 Å². The Hall–Kier alpha value is -3.77. The molecule has 0 radical (unpaired) electrons. The van der Waals surface area contributed by atoms with Crippen molar-refractivity contribution in [2.24, 2.45) is 4.99 Å². The summed E-state index contributed by atoms with van der Waals surface area (Å²) in [5.41, 5.74) is 5.73. The molecule has 0 aromatic heterocycles. The number of carbonyl (C=O) groups excluding carboxylic acids is 2. The van der Waals surface area contributed by atoms with Crippen molar-refractivity contribution in [2.75, 3.05) is 20.3 Å². The van der Waals surface area contributed by atoms with Crippen LogP contribution < -0.4 is 4.74 Å². The van der Waals surface area contributed by atoms with Crippen molar-refractivity contribution < 1.29 is 24.2 Å². The van der Waals surface area contributed by atoms with Crippen LogP contribution in [0.5, 0.6) is 5.75 Å². The maximum absolute atomic E-state index is 12.8. The maximum atomic E-state index is 12.8. The van der Waals surface area contributed by atoms with Crippen molar-refractivity contribution in [3.8, 4) is 5.75 Å². The van der Waals surface area contributed by atoms with Crippen LogP contribution in [-0.2, 0) is 17.6 Å². The minimum absolute atomic E-state index is 0.00680. The third kappa shape index (κ3) is 4.76. The van der Waals surface area contributed by atoms with Crippen molar-refractivity contribution in [2.45, 2.75) is 12.8 Å². The van der Waals surface area contributed by atoms with Crippen LogP contribution in [0.1, 0.15) is 37.4 Å². The molecular weight excluding hydrogens is 406 g/mol. The first kappa shape index (κ1) is 21.5. The van der Waals surface area contributed by atoms with Crippen LogP contribution in [0.4, 0.5) is 5.69 Å². The highest BCUT2D eigenvalue weighted by Crippen LogP contribution is 2.31. The van der Waals surface area contributed by atoms with Crippen LogP contribution in [0.2, 0.25) is 0 Å². The van der Waals surface area contributed by atoms with E-state index in [1.54, 1.807) is 24.3 Å². The minimum atomic E-state index is -0.400. The quantitative estimate of drug-likeness (QED) is 0.433. The second kappa shape index (κ2) is 9.58. The molecule has 3 aromatic carbocycles. The number of hydrogen-bond donors (Lipinski definition) is 1. The van der Waals surface area contributed by atoms with E-state index in [2.05, 4.69) is 0 Å². The summed E-state index contributed by atoms with van der Waals surface area (Å²) in [6, 6.07) is 20.1. The van der Waals surface area contributed by atoms with Crippen molar-refractivity contribution in [3.05, 3.63) is 94.5 Å². The summed E-state index contributed by atoms with van der Waals surface area (Å²) in [4.78, 5) is 29.1. The number of rotatable bonds is 8. The highest BCUT2D eigenvalue weighted by Gasteiger charge is 2.18.